The summed E-state index contributed by atoms with van der Waals surface area (Å²) >= 11 is 0. The van der Waals surface area contributed by atoms with Crippen molar-refractivity contribution in [3.63, 3.8) is 0 Å². The molecule has 0 radical (unpaired) electrons. The maximum absolute atomic E-state index is 9.63. The minimum atomic E-state index is 0.152. The molecule has 0 aliphatic carbocycles. The van der Waals surface area contributed by atoms with Crippen LogP contribution in [-0.4, -0.2) is 22.2 Å². The van der Waals surface area contributed by atoms with E-state index >= 15 is 0 Å². The Hall–Kier alpha value is -2.14. The fourth-order valence-corrected chi connectivity index (χ4v) is 1.60. The SMILES string of the molecule is COc1ccc(CNCc2ccncn2)cc1O. The summed E-state index contributed by atoms with van der Waals surface area (Å²) in [5.74, 6) is 0.633. The second-order valence-electron chi connectivity index (χ2n) is 3.81. The highest BCUT2D eigenvalue weighted by atomic mass is 16.5. The molecule has 2 rings (SSSR count). The summed E-state index contributed by atoms with van der Waals surface area (Å²) in [5.41, 5.74) is 1.92. The minimum Gasteiger partial charge on any atom is -0.504 e. The molecule has 2 aromatic rings. The molecule has 1 aromatic carbocycles. The van der Waals surface area contributed by atoms with E-state index in [0.29, 0.717) is 18.8 Å². The number of phenols is 1. The van der Waals surface area contributed by atoms with Crippen molar-refractivity contribution in [2.75, 3.05) is 7.11 Å². The van der Waals surface area contributed by atoms with E-state index in [-0.39, 0.29) is 5.75 Å². The topological polar surface area (TPSA) is 67.3 Å². The maximum Gasteiger partial charge on any atom is 0.160 e. The van der Waals surface area contributed by atoms with Crippen LogP contribution in [0.2, 0.25) is 0 Å². The lowest BCUT2D eigenvalue weighted by Gasteiger charge is -2.07. The van der Waals surface area contributed by atoms with Gasteiger partial charge in [-0.15, -0.1) is 0 Å². The fraction of sp³-hybridized carbons (Fsp3) is 0.231. The number of benzene rings is 1. The van der Waals surface area contributed by atoms with Gasteiger partial charge in [0, 0.05) is 19.3 Å². The highest BCUT2D eigenvalue weighted by Gasteiger charge is 2.02. The second kappa shape index (κ2) is 5.97. The van der Waals surface area contributed by atoms with Crippen molar-refractivity contribution in [2.24, 2.45) is 0 Å². The van der Waals surface area contributed by atoms with Crippen LogP contribution in [0.3, 0.4) is 0 Å². The van der Waals surface area contributed by atoms with E-state index in [1.165, 1.54) is 13.4 Å². The first-order valence-electron chi connectivity index (χ1n) is 5.61. The number of methoxy groups -OCH3 is 1. The van der Waals surface area contributed by atoms with Crippen LogP contribution in [0.5, 0.6) is 11.5 Å². The van der Waals surface area contributed by atoms with Gasteiger partial charge in [-0.2, -0.15) is 0 Å². The number of phenolic OH excluding ortho intramolecular Hbond substituents is 1. The summed E-state index contributed by atoms with van der Waals surface area (Å²) in [6, 6.07) is 7.20. The quantitative estimate of drug-likeness (QED) is 0.835. The van der Waals surface area contributed by atoms with Crippen LogP contribution in [-0.2, 0) is 13.1 Å². The van der Waals surface area contributed by atoms with Gasteiger partial charge in [-0.25, -0.2) is 9.97 Å². The van der Waals surface area contributed by atoms with Crippen molar-refractivity contribution in [3.8, 4) is 11.5 Å². The Bertz CT molecular complexity index is 503. The largest absolute Gasteiger partial charge is 0.504 e. The molecule has 0 spiro atoms. The Morgan fingerprint density at radius 1 is 1.28 bits per heavy atom. The summed E-state index contributed by atoms with van der Waals surface area (Å²) in [6.07, 6.45) is 3.24. The Kier molecular flexibility index (Phi) is 4.09. The van der Waals surface area contributed by atoms with Crippen LogP contribution in [0.15, 0.2) is 36.8 Å². The van der Waals surface area contributed by atoms with Gasteiger partial charge in [-0.1, -0.05) is 6.07 Å². The van der Waals surface area contributed by atoms with Gasteiger partial charge in [-0.05, 0) is 23.8 Å². The van der Waals surface area contributed by atoms with Gasteiger partial charge >= 0.3 is 0 Å². The van der Waals surface area contributed by atoms with Gasteiger partial charge in [0.15, 0.2) is 11.5 Å². The zero-order valence-corrected chi connectivity index (χ0v) is 10.1. The number of ether oxygens (including phenoxy) is 1. The van der Waals surface area contributed by atoms with Crippen molar-refractivity contribution in [1.29, 1.82) is 0 Å². The van der Waals surface area contributed by atoms with E-state index in [9.17, 15) is 5.11 Å². The molecule has 5 heteroatoms. The molecule has 0 atom stereocenters. The summed E-state index contributed by atoms with van der Waals surface area (Å²) in [5, 5.41) is 12.9. The lowest BCUT2D eigenvalue weighted by Crippen LogP contribution is -2.13. The highest BCUT2D eigenvalue weighted by Crippen LogP contribution is 2.25. The van der Waals surface area contributed by atoms with Crippen LogP contribution in [0, 0.1) is 0 Å². The van der Waals surface area contributed by atoms with Crippen LogP contribution in [0.25, 0.3) is 0 Å². The van der Waals surface area contributed by atoms with E-state index in [1.54, 1.807) is 18.3 Å². The van der Waals surface area contributed by atoms with Crippen LogP contribution in [0.4, 0.5) is 0 Å². The van der Waals surface area contributed by atoms with Gasteiger partial charge in [0.25, 0.3) is 0 Å². The van der Waals surface area contributed by atoms with Gasteiger partial charge in [-0.3, -0.25) is 0 Å². The summed E-state index contributed by atoms with van der Waals surface area (Å²) in [7, 11) is 1.53. The molecule has 1 aromatic heterocycles. The second-order valence-corrected chi connectivity index (χ2v) is 3.81. The lowest BCUT2D eigenvalue weighted by molar-refractivity contribution is 0.373. The predicted molar refractivity (Wildman–Crippen MR) is 67.2 cm³/mol. The first-order valence-corrected chi connectivity index (χ1v) is 5.61. The first kappa shape index (κ1) is 12.3. The normalized spacial score (nSPS) is 10.3. The van der Waals surface area contributed by atoms with E-state index in [4.69, 9.17) is 4.74 Å². The molecule has 0 bridgehead atoms. The summed E-state index contributed by atoms with van der Waals surface area (Å²) in [4.78, 5) is 7.97. The van der Waals surface area contributed by atoms with E-state index in [2.05, 4.69) is 15.3 Å². The Morgan fingerprint density at radius 2 is 2.17 bits per heavy atom. The number of hydrogen-bond donors (Lipinski definition) is 2. The zero-order chi connectivity index (χ0) is 12.8. The standard InChI is InChI=1S/C13H15N3O2/c1-18-13-3-2-10(6-12(13)17)7-15-8-11-4-5-14-9-16-11/h2-6,9,15,17H,7-8H2,1H3. The number of nitrogens with one attached hydrogen (secondary N) is 1. The Balaban J connectivity index is 1.89. The molecule has 0 amide bonds. The van der Waals surface area contributed by atoms with Gasteiger partial charge in [0.1, 0.15) is 6.33 Å². The maximum atomic E-state index is 9.63. The van der Waals surface area contributed by atoms with Crippen LogP contribution < -0.4 is 10.1 Å². The highest BCUT2D eigenvalue weighted by molar-refractivity contribution is 5.41. The molecule has 18 heavy (non-hydrogen) atoms. The molecular formula is C13H15N3O2. The number of hydrogen-bond acceptors (Lipinski definition) is 5. The predicted octanol–water partition coefficient (Wildman–Crippen LogP) is 1.48. The van der Waals surface area contributed by atoms with Gasteiger partial charge < -0.3 is 15.2 Å². The third-order valence-electron chi connectivity index (χ3n) is 2.52. The molecular weight excluding hydrogens is 230 g/mol. The minimum absolute atomic E-state index is 0.152. The molecule has 94 valence electrons. The Labute approximate surface area is 105 Å². The third kappa shape index (κ3) is 3.18. The lowest BCUT2D eigenvalue weighted by atomic mass is 10.2. The third-order valence-corrected chi connectivity index (χ3v) is 2.52. The van der Waals surface area contributed by atoms with Gasteiger partial charge in [0.2, 0.25) is 0 Å². The first-order chi connectivity index (χ1) is 8.79. The molecule has 0 saturated heterocycles. The molecule has 0 unspecified atom stereocenters. The van der Waals surface area contributed by atoms with E-state index in [1.807, 2.05) is 12.1 Å². The van der Waals surface area contributed by atoms with E-state index in [0.717, 1.165) is 11.3 Å². The van der Waals surface area contributed by atoms with Crippen LogP contribution >= 0.6 is 0 Å². The molecule has 0 aliphatic rings. The van der Waals surface area contributed by atoms with Crippen molar-refractivity contribution in [1.82, 2.24) is 15.3 Å². The number of aromatic nitrogens is 2. The number of rotatable bonds is 5. The van der Waals surface area contributed by atoms with Crippen molar-refractivity contribution >= 4 is 0 Å². The smallest absolute Gasteiger partial charge is 0.160 e. The molecule has 1 heterocycles. The molecule has 5 nitrogen and oxygen atoms in total. The zero-order valence-electron chi connectivity index (χ0n) is 10.1. The molecule has 0 fully saturated rings. The van der Waals surface area contributed by atoms with Crippen LogP contribution in [0.1, 0.15) is 11.3 Å². The monoisotopic (exact) mass is 245 g/mol. The Morgan fingerprint density at radius 3 is 2.83 bits per heavy atom. The molecule has 0 aliphatic heterocycles. The summed E-state index contributed by atoms with van der Waals surface area (Å²) < 4.78 is 4.99. The van der Waals surface area contributed by atoms with Crippen molar-refractivity contribution < 1.29 is 9.84 Å². The molecule has 0 saturated carbocycles. The summed E-state index contributed by atoms with van der Waals surface area (Å²) in [6.45, 7) is 1.32. The van der Waals surface area contributed by atoms with E-state index < -0.39 is 0 Å². The van der Waals surface area contributed by atoms with Crippen molar-refractivity contribution in [2.45, 2.75) is 13.1 Å². The van der Waals surface area contributed by atoms with Gasteiger partial charge in [0.05, 0.1) is 12.8 Å². The fourth-order valence-electron chi connectivity index (χ4n) is 1.60. The average molecular weight is 245 g/mol. The van der Waals surface area contributed by atoms with Crippen molar-refractivity contribution in [3.05, 3.63) is 48.0 Å². The number of nitrogens with zero attached hydrogens (tertiary/aromatic N) is 2. The molecule has 2 N–H and O–H groups in total. The average Bonchev–Trinajstić information content (AvgIpc) is 2.40. The number of aromatic hydroxyl groups is 1.